The maximum absolute atomic E-state index is 12.7. The van der Waals surface area contributed by atoms with E-state index in [1.165, 1.54) is 5.56 Å². The molecule has 2 aromatic rings. The van der Waals surface area contributed by atoms with Gasteiger partial charge in [0.2, 0.25) is 5.91 Å². The van der Waals surface area contributed by atoms with Gasteiger partial charge in [0, 0.05) is 56.3 Å². The average Bonchev–Trinajstić information content (AvgIpc) is 3.32. The fourth-order valence-electron chi connectivity index (χ4n) is 3.88. The summed E-state index contributed by atoms with van der Waals surface area (Å²) in [7, 11) is 0. The average molecular weight is 371 g/mol. The van der Waals surface area contributed by atoms with Crippen molar-refractivity contribution in [2.24, 2.45) is 0 Å². The molecule has 26 heavy (non-hydrogen) atoms. The topological polar surface area (TPSA) is 48.5 Å². The van der Waals surface area contributed by atoms with Gasteiger partial charge in [-0.2, -0.15) is 0 Å². The van der Waals surface area contributed by atoms with Gasteiger partial charge in [-0.3, -0.25) is 9.69 Å². The molecular weight excluding hydrogens is 344 g/mol. The van der Waals surface area contributed by atoms with Crippen LogP contribution < -0.4 is 5.32 Å². The van der Waals surface area contributed by atoms with Gasteiger partial charge in [-0.1, -0.05) is 23.8 Å². The number of piperazine rings is 1. The lowest BCUT2D eigenvalue weighted by Gasteiger charge is -2.32. The SMILES string of the molecule is Cc1cccc(-c2nc(CC(=O)N3CCC(N4CCNCC4)C3)cs2)c1. The Morgan fingerprint density at radius 3 is 2.96 bits per heavy atom. The fourth-order valence-corrected chi connectivity index (χ4v) is 4.70. The van der Waals surface area contributed by atoms with E-state index in [0.29, 0.717) is 12.5 Å². The molecule has 6 heteroatoms. The lowest BCUT2D eigenvalue weighted by Crippen LogP contribution is -2.49. The molecule has 0 spiro atoms. The number of carbonyl (C=O) groups is 1. The molecule has 1 aromatic heterocycles. The van der Waals surface area contributed by atoms with Crippen LogP contribution in [0.1, 0.15) is 17.7 Å². The molecule has 138 valence electrons. The summed E-state index contributed by atoms with van der Waals surface area (Å²) in [6, 6.07) is 8.89. The summed E-state index contributed by atoms with van der Waals surface area (Å²) in [6.45, 7) is 8.15. The van der Waals surface area contributed by atoms with Crippen LogP contribution in [0.5, 0.6) is 0 Å². The van der Waals surface area contributed by atoms with Gasteiger partial charge in [-0.25, -0.2) is 4.98 Å². The molecule has 2 aliphatic rings. The molecule has 1 atom stereocenters. The summed E-state index contributed by atoms with van der Waals surface area (Å²) >= 11 is 1.62. The second-order valence-corrected chi connectivity index (χ2v) is 8.12. The van der Waals surface area contributed by atoms with E-state index < -0.39 is 0 Å². The Morgan fingerprint density at radius 2 is 2.15 bits per heavy atom. The van der Waals surface area contributed by atoms with E-state index in [-0.39, 0.29) is 5.91 Å². The van der Waals surface area contributed by atoms with Crippen LogP contribution in [-0.2, 0) is 11.2 Å². The maximum atomic E-state index is 12.7. The number of benzene rings is 1. The summed E-state index contributed by atoms with van der Waals surface area (Å²) in [5.74, 6) is 0.212. The number of amides is 1. The predicted octanol–water partition coefficient (Wildman–Crippen LogP) is 2.17. The molecule has 0 saturated carbocycles. The number of aryl methyl sites for hydroxylation is 1. The van der Waals surface area contributed by atoms with Gasteiger partial charge in [0.15, 0.2) is 0 Å². The van der Waals surface area contributed by atoms with E-state index in [1.807, 2.05) is 10.3 Å². The first-order valence-electron chi connectivity index (χ1n) is 9.43. The lowest BCUT2D eigenvalue weighted by molar-refractivity contribution is -0.129. The zero-order chi connectivity index (χ0) is 17.9. The standard InChI is InChI=1S/C20H26N4OS/c1-15-3-2-4-16(11-15)20-22-17(14-26-20)12-19(25)24-8-5-18(13-24)23-9-6-21-7-10-23/h2-4,11,14,18,21H,5-10,12-13H2,1H3. The van der Waals surface area contributed by atoms with Crippen molar-refractivity contribution in [3.8, 4) is 10.6 Å². The number of thiazole rings is 1. The number of carbonyl (C=O) groups excluding carboxylic acids is 1. The number of nitrogens with one attached hydrogen (secondary N) is 1. The van der Waals surface area contributed by atoms with Crippen LogP contribution in [0.3, 0.4) is 0 Å². The van der Waals surface area contributed by atoms with Crippen molar-refractivity contribution in [3.05, 3.63) is 40.9 Å². The van der Waals surface area contributed by atoms with Gasteiger partial charge in [0.25, 0.3) is 0 Å². The minimum Gasteiger partial charge on any atom is -0.341 e. The van der Waals surface area contributed by atoms with Crippen molar-refractivity contribution in [2.75, 3.05) is 39.3 Å². The molecule has 2 saturated heterocycles. The van der Waals surface area contributed by atoms with Crippen molar-refractivity contribution >= 4 is 17.2 Å². The number of likely N-dealkylation sites (tertiary alicyclic amines) is 1. The molecule has 1 N–H and O–H groups in total. The predicted molar refractivity (Wildman–Crippen MR) is 105 cm³/mol. The third-order valence-electron chi connectivity index (χ3n) is 5.33. The zero-order valence-electron chi connectivity index (χ0n) is 15.3. The molecule has 0 aliphatic carbocycles. The molecule has 1 amide bonds. The Bertz CT molecular complexity index is 769. The number of rotatable bonds is 4. The van der Waals surface area contributed by atoms with Crippen LogP contribution in [0.25, 0.3) is 10.6 Å². The summed E-state index contributed by atoms with van der Waals surface area (Å²) < 4.78 is 0. The highest BCUT2D eigenvalue weighted by atomic mass is 32.1. The smallest absolute Gasteiger partial charge is 0.228 e. The Hall–Kier alpha value is -1.76. The zero-order valence-corrected chi connectivity index (χ0v) is 16.1. The molecule has 1 unspecified atom stereocenters. The number of hydrogen-bond donors (Lipinski definition) is 1. The van der Waals surface area contributed by atoms with Gasteiger partial charge in [-0.05, 0) is 19.4 Å². The van der Waals surface area contributed by atoms with Crippen molar-refractivity contribution in [3.63, 3.8) is 0 Å². The molecule has 1 aromatic carbocycles. The Labute approximate surface area is 159 Å². The first kappa shape index (κ1) is 17.6. The van der Waals surface area contributed by atoms with Crippen LogP contribution in [0.2, 0.25) is 0 Å². The Kier molecular flexibility index (Phi) is 5.33. The van der Waals surface area contributed by atoms with Crippen LogP contribution in [0.4, 0.5) is 0 Å². The highest BCUT2D eigenvalue weighted by molar-refractivity contribution is 7.13. The molecule has 5 nitrogen and oxygen atoms in total. The monoisotopic (exact) mass is 370 g/mol. The van der Waals surface area contributed by atoms with Gasteiger partial charge >= 0.3 is 0 Å². The van der Waals surface area contributed by atoms with E-state index in [2.05, 4.69) is 41.4 Å². The number of aromatic nitrogens is 1. The minimum atomic E-state index is 0.212. The third-order valence-corrected chi connectivity index (χ3v) is 6.27. The van der Waals surface area contributed by atoms with Crippen LogP contribution in [0, 0.1) is 6.92 Å². The largest absolute Gasteiger partial charge is 0.341 e. The van der Waals surface area contributed by atoms with Crippen molar-refractivity contribution in [1.82, 2.24) is 20.1 Å². The van der Waals surface area contributed by atoms with Crippen molar-refractivity contribution in [2.45, 2.75) is 25.8 Å². The minimum absolute atomic E-state index is 0.212. The number of hydrogen-bond acceptors (Lipinski definition) is 5. The lowest BCUT2D eigenvalue weighted by atomic mass is 10.1. The molecule has 3 heterocycles. The second-order valence-electron chi connectivity index (χ2n) is 7.26. The van der Waals surface area contributed by atoms with E-state index in [0.717, 1.165) is 62.0 Å². The fraction of sp³-hybridized carbons (Fsp3) is 0.500. The van der Waals surface area contributed by atoms with Crippen molar-refractivity contribution in [1.29, 1.82) is 0 Å². The van der Waals surface area contributed by atoms with Crippen molar-refractivity contribution < 1.29 is 4.79 Å². The van der Waals surface area contributed by atoms with Crippen LogP contribution in [0.15, 0.2) is 29.6 Å². The van der Waals surface area contributed by atoms with Gasteiger partial charge < -0.3 is 10.2 Å². The number of nitrogens with zero attached hydrogens (tertiary/aromatic N) is 3. The summed E-state index contributed by atoms with van der Waals surface area (Å²) in [5.41, 5.74) is 3.25. The van der Waals surface area contributed by atoms with E-state index in [1.54, 1.807) is 11.3 Å². The Balaban J connectivity index is 1.35. The van der Waals surface area contributed by atoms with E-state index in [9.17, 15) is 4.79 Å². The van der Waals surface area contributed by atoms with Gasteiger partial charge in [-0.15, -0.1) is 11.3 Å². The van der Waals surface area contributed by atoms with Gasteiger partial charge in [0.05, 0.1) is 12.1 Å². The first-order valence-corrected chi connectivity index (χ1v) is 10.3. The molecular formula is C20H26N4OS. The molecule has 2 aliphatic heterocycles. The highest BCUT2D eigenvalue weighted by Gasteiger charge is 2.31. The third kappa shape index (κ3) is 3.98. The molecule has 0 bridgehead atoms. The summed E-state index contributed by atoms with van der Waals surface area (Å²) in [4.78, 5) is 22.0. The molecule has 4 rings (SSSR count). The first-order chi connectivity index (χ1) is 12.7. The Morgan fingerprint density at radius 1 is 1.31 bits per heavy atom. The van der Waals surface area contributed by atoms with Crippen LogP contribution in [-0.4, -0.2) is 66.0 Å². The maximum Gasteiger partial charge on any atom is 0.228 e. The van der Waals surface area contributed by atoms with E-state index >= 15 is 0 Å². The summed E-state index contributed by atoms with van der Waals surface area (Å²) in [5, 5.41) is 6.42. The quantitative estimate of drug-likeness (QED) is 0.896. The summed E-state index contributed by atoms with van der Waals surface area (Å²) in [6.07, 6.45) is 1.51. The van der Waals surface area contributed by atoms with E-state index in [4.69, 9.17) is 4.98 Å². The molecule has 0 radical (unpaired) electrons. The van der Waals surface area contributed by atoms with Gasteiger partial charge in [0.1, 0.15) is 5.01 Å². The van der Waals surface area contributed by atoms with Crippen LogP contribution >= 0.6 is 11.3 Å². The second kappa shape index (κ2) is 7.86. The molecule has 2 fully saturated rings. The normalized spacial score (nSPS) is 21.3. The highest BCUT2D eigenvalue weighted by Crippen LogP contribution is 2.25.